The maximum absolute atomic E-state index is 12.0. The molecule has 0 unspecified atom stereocenters. The van der Waals surface area contributed by atoms with E-state index in [9.17, 15) is 4.79 Å². The van der Waals surface area contributed by atoms with Crippen LogP contribution in [0.2, 0.25) is 0 Å². The number of piperidine rings is 1. The second-order valence-corrected chi connectivity index (χ2v) is 6.72. The average Bonchev–Trinajstić information content (AvgIpc) is 3.00. The van der Waals surface area contributed by atoms with Crippen LogP contribution in [0.4, 0.5) is 0 Å². The van der Waals surface area contributed by atoms with Gasteiger partial charge in [0.25, 0.3) is 0 Å². The van der Waals surface area contributed by atoms with Gasteiger partial charge in [0.15, 0.2) is 11.5 Å². The molecule has 0 N–H and O–H groups in total. The van der Waals surface area contributed by atoms with Crippen LogP contribution in [-0.4, -0.2) is 30.7 Å². The molecule has 0 saturated carbocycles. The van der Waals surface area contributed by atoms with Gasteiger partial charge in [-0.15, -0.1) is 0 Å². The zero-order valence-corrected chi connectivity index (χ0v) is 14.0. The van der Waals surface area contributed by atoms with Crippen molar-refractivity contribution in [2.45, 2.75) is 39.5 Å². The van der Waals surface area contributed by atoms with Gasteiger partial charge >= 0.3 is 0 Å². The zero-order chi connectivity index (χ0) is 16.2. The van der Waals surface area contributed by atoms with Crippen molar-refractivity contribution in [3.05, 3.63) is 35.4 Å². The summed E-state index contributed by atoms with van der Waals surface area (Å²) in [5.74, 6) is 2.58. The first-order valence-electron chi connectivity index (χ1n) is 8.44. The topological polar surface area (TPSA) is 38.8 Å². The van der Waals surface area contributed by atoms with Crippen molar-refractivity contribution in [3.63, 3.8) is 0 Å². The van der Waals surface area contributed by atoms with Crippen LogP contribution in [0.15, 0.2) is 29.8 Å². The number of aryl methyl sites for hydroxylation is 1. The lowest BCUT2D eigenvalue weighted by Crippen LogP contribution is -2.37. The molecule has 0 atom stereocenters. The van der Waals surface area contributed by atoms with E-state index in [2.05, 4.69) is 12.1 Å². The summed E-state index contributed by atoms with van der Waals surface area (Å²) in [6, 6.07) is 6.22. The molecular weight excluding hydrogens is 290 g/mol. The van der Waals surface area contributed by atoms with Crippen molar-refractivity contribution in [1.82, 2.24) is 4.90 Å². The molecule has 2 heterocycles. The predicted octanol–water partition coefficient (Wildman–Crippen LogP) is 3.55. The summed E-state index contributed by atoms with van der Waals surface area (Å²) >= 11 is 0. The minimum Gasteiger partial charge on any atom is -0.454 e. The number of hydrogen-bond acceptors (Lipinski definition) is 3. The van der Waals surface area contributed by atoms with Gasteiger partial charge in [0.05, 0.1) is 0 Å². The molecule has 2 aliphatic heterocycles. The molecule has 2 aliphatic rings. The molecule has 23 heavy (non-hydrogen) atoms. The highest BCUT2D eigenvalue weighted by atomic mass is 16.7. The molecule has 1 aromatic rings. The first kappa shape index (κ1) is 15.9. The summed E-state index contributed by atoms with van der Waals surface area (Å²) in [7, 11) is 0. The second-order valence-electron chi connectivity index (χ2n) is 6.72. The minimum atomic E-state index is 0.166. The Hall–Kier alpha value is -1.97. The van der Waals surface area contributed by atoms with E-state index in [1.807, 2.05) is 24.8 Å². The standard InChI is InChI=1S/C19H25NO3/c1-14(2)11-19(21)20-9-7-15(8-10-20)3-4-16-5-6-17-18(12-16)23-13-22-17/h5-6,11-12,15H,3-4,7-10,13H2,1-2H3. The van der Waals surface area contributed by atoms with Crippen LogP contribution in [-0.2, 0) is 11.2 Å². The molecule has 1 aromatic carbocycles. The van der Waals surface area contributed by atoms with Crippen LogP contribution < -0.4 is 9.47 Å². The number of benzene rings is 1. The first-order valence-corrected chi connectivity index (χ1v) is 8.44. The van der Waals surface area contributed by atoms with E-state index in [4.69, 9.17) is 9.47 Å². The number of fused-ring (bicyclic) bond motifs is 1. The normalized spacial score (nSPS) is 17.2. The van der Waals surface area contributed by atoms with Crippen molar-refractivity contribution in [1.29, 1.82) is 0 Å². The van der Waals surface area contributed by atoms with Crippen LogP contribution in [0, 0.1) is 5.92 Å². The van der Waals surface area contributed by atoms with Crippen LogP contribution >= 0.6 is 0 Å². The van der Waals surface area contributed by atoms with Gasteiger partial charge in [0.2, 0.25) is 12.7 Å². The highest BCUT2D eigenvalue weighted by Crippen LogP contribution is 2.33. The van der Waals surface area contributed by atoms with Gasteiger partial charge in [0, 0.05) is 19.2 Å². The quantitative estimate of drug-likeness (QED) is 0.798. The van der Waals surface area contributed by atoms with E-state index in [1.54, 1.807) is 6.08 Å². The van der Waals surface area contributed by atoms with E-state index in [0.717, 1.165) is 49.4 Å². The molecule has 4 heteroatoms. The Labute approximate surface area is 138 Å². The fourth-order valence-corrected chi connectivity index (χ4v) is 3.25. The van der Waals surface area contributed by atoms with Gasteiger partial charge in [0.1, 0.15) is 0 Å². The molecule has 0 bridgehead atoms. The van der Waals surface area contributed by atoms with E-state index in [1.165, 1.54) is 12.0 Å². The number of ether oxygens (including phenoxy) is 2. The molecule has 0 aromatic heterocycles. The Bertz CT molecular complexity index is 597. The first-order chi connectivity index (χ1) is 11.1. The Balaban J connectivity index is 1.46. The summed E-state index contributed by atoms with van der Waals surface area (Å²) in [6.45, 7) is 6.03. The lowest BCUT2D eigenvalue weighted by atomic mass is 9.90. The summed E-state index contributed by atoms with van der Waals surface area (Å²) in [5, 5.41) is 0. The molecule has 3 rings (SSSR count). The zero-order valence-electron chi connectivity index (χ0n) is 14.0. The number of hydrogen-bond donors (Lipinski definition) is 0. The van der Waals surface area contributed by atoms with Gasteiger partial charge in [-0.05, 0) is 63.1 Å². The highest BCUT2D eigenvalue weighted by Gasteiger charge is 2.22. The van der Waals surface area contributed by atoms with Gasteiger partial charge in [-0.2, -0.15) is 0 Å². The van der Waals surface area contributed by atoms with E-state index < -0.39 is 0 Å². The second kappa shape index (κ2) is 7.07. The number of rotatable bonds is 4. The average molecular weight is 315 g/mol. The largest absolute Gasteiger partial charge is 0.454 e. The van der Waals surface area contributed by atoms with Gasteiger partial charge < -0.3 is 14.4 Å². The molecule has 0 aliphatic carbocycles. The number of allylic oxidation sites excluding steroid dienone is 1. The van der Waals surface area contributed by atoms with Crippen LogP contribution in [0.3, 0.4) is 0 Å². The van der Waals surface area contributed by atoms with Crippen molar-refractivity contribution in [2.75, 3.05) is 19.9 Å². The highest BCUT2D eigenvalue weighted by molar-refractivity contribution is 5.88. The van der Waals surface area contributed by atoms with Gasteiger partial charge in [-0.1, -0.05) is 11.6 Å². The molecule has 1 amide bonds. The summed E-state index contributed by atoms with van der Waals surface area (Å²) in [6.07, 6.45) is 6.18. The monoisotopic (exact) mass is 315 g/mol. The van der Waals surface area contributed by atoms with Crippen molar-refractivity contribution < 1.29 is 14.3 Å². The fraction of sp³-hybridized carbons (Fsp3) is 0.526. The van der Waals surface area contributed by atoms with Crippen LogP contribution in [0.1, 0.15) is 38.7 Å². The maximum atomic E-state index is 12.0. The third-order valence-electron chi connectivity index (χ3n) is 4.62. The van der Waals surface area contributed by atoms with Crippen molar-refractivity contribution in [2.24, 2.45) is 5.92 Å². The van der Waals surface area contributed by atoms with E-state index in [-0.39, 0.29) is 5.91 Å². The Morgan fingerprint density at radius 3 is 2.70 bits per heavy atom. The third-order valence-corrected chi connectivity index (χ3v) is 4.62. The molecule has 4 nitrogen and oxygen atoms in total. The lowest BCUT2D eigenvalue weighted by Gasteiger charge is -2.31. The molecule has 1 fully saturated rings. The fourth-order valence-electron chi connectivity index (χ4n) is 3.25. The Kier molecular flexibility index (Phi) is 4.89. The van der Waals surface area contributed by atoms with Gasteiger partial charge in [-0.25, -0.2) is 0 Å². The predicted molar refractivity (Wildman–Crippen MR) is 89.6 cm³/mol. The Morgan fingerprint density at radius 2 is 1.96 bits per heavy atom. The number of likely N-dealkylation sites (tertiary alicyclic amines) is 1. The van der Waals surface area contributed by atoms with E-state index >= 15 is 0 Å². The molecule has 1 saturated heterocycles. The molecule has 0 spiro atoms. The molecular formula is C19H25NO3. The van der Waals surface area contributed by atoms with Crippen molar-refractivity contribution in [3.8, 4) is 11.5 Å². The summed E-state index contributed by atoms with van der Waals surface area (Å²) < 4.78 is 10.8. The summed E-state index contributed by atoms with van der Waals surface area (Å²) in [5.41, 5.74) is 2.37. The number of carbonyl (C=O) groups is 1. The minimum absolute atomic E-state index is 0.166. The smallest absolute Gasteiger partial charge is 0.246 e. The summed E-state index contributed by atoms with van der Waals surface area (Å²) in [4.78, 5) is 14.0. The van der Waals surface area contributed by atoms with Crippen molar-refractivity contribution >= 4 is 5.91 Å². The number of amides is 1. The number of nitrogens with zero attached hydrogens (tertiary/aromatic N) is 1. The van der Waals surface area contributed by atoms with Gasteiger partial charge in [-0.3, -0.25) is 4.79 Å². The molecule has 124 valence electrons. The van der Waals surface area contributed by atoms with Crippen LogP contribution in [0.5, 0.6) is 11.5 Å². The lowest BCUT2D eigenvalue weighted by molar-refractivity contribution is -0.127. The SMILES string of the molecule is CC(C)=CC(=O)N1CCC(CCc2ccc3c(c2)OCO3)CC1. The Morgan fingerprint density at radius 1 is 1.22 bits per heavy atom. The molecule has 0 radical (unpaired) electrons. The maximum Gasteiger partial charge on any atom is 0.246 e. The van der Waals surface area contributed by atoms with E-state index in [0.29, 0.717) is 12.7 Å². The third kappa shape index (κ3) is 4.06. The number of carbonyl (C=O) groups excluding carboxylic acids is 1. The van der Waals surface area contributed by atoms with Crippen LogP contribution in [0.25, 0.3) is 0 Å².